The predicted octanol–water partition coefficient (Wildman–Crippen LogP) is 2.27. The maximum absolute atomic E-state index is 12.0. The van der Waals surface area contributed by atoms with Crippen molar-refractivity contribution >= 4 is 24.0 Å². The minimum atomic E-state index is 0. The van der Waals surface area contributed by atoms with Gasteiger partial charge >= 0.3 is 0 Å². The molecule has 1 aromatic rings. The molecule has 114 valence electrons. The molecule has 2 rings (SSSR count). The lowest BCUT2D eigenvalue weighted by molar-refractivity contribution is -0.116. The Balaban J connectivity index is 0.00000200. The third kappa shape index (κ3) is 3.96. The molecule has 1 unspecified atom stereocenters. The van der Waals surface area contributed by atoms with Gasteiger partial charge in [-0.1, -0.05) is 0 Å². The number of halogens is 1. The SMILES string of the molecule is CCn1nc(C)c(NC(=O)CCC2CCNC2)c1C.Cl. The number of rotatable bonds is 5. The van der Waals surface area contributed by atoms with Crippen LogP contribution in [0.2, 0.25) is 0 Å². The van der Waals surface area contributed by atoms with E-state index in [1.165, 1.54) is 6.42 Å². The van der Waals surface area contributed by atoms with Gasteiger partial charge in [0.2, 0.25) is 5.91 Å². The normalized spacial score (nSPS) is 17.9. The van der Waals surface area contributed by atoms with Gasteiger partial charge in [0.15, 0.2) is 0 Å². The minimum absolute atomic E-state index is 0. The highest BCUT2D eigenvalue weighted by atomic mass is 35.5. The van der Waals surface area contributed by atoms with E-state index < -0.39 is 0 Å². The zero-order valence-corrected chi connectivity index (χ0v) is 13.3. The molecule has 0 spiro atoms. The zero-order chi connectivity index (χ0) is 13.8. The summed E-state index contributed by atoms with van der Waals surface area (Å²) >= 11 is 0. The number of nitrogens with zero attached hydrogens (tertiary/aromatic N) is 2. The summed E-state index contributed by atoms with van der Waals surface area (Å²) in [5.74, 6) is 0.764. The number of anilines is 1. The molecule has 1 fully saturated rings. The lowest BCUT2D eigenvalue weighted by atomic mass is 10.0. The van der Waals surface area contributed by atoms with Crippen molar-refractivity contribution in [2.24, 2.45) is 5.92 Å². The molecule has 2 heterocycles. The topological polar surface area (TPSA) is 59.0 Å². The van der Waals surface area contributed by atoms with Crippen LogP contribution in [0, 0.1) is 19.8 Å². The summed E-state index contributed by atoms with van der Waals surface area (Å²) in [6.07, 6.45) is 2.76. The van der Waals surface area contributed by atoms with Crippen LogP contribution in [-0.4, -0.2) is 28.8 Å². The molecule has 0 bridgehead atoms. The van der Waals surface area contributed by atoms with E-state index in [4.69, 9.17) is 0 Å². The molecule has 1 aliphatic heterocycles. The van der Waals surface area contributed by atoms with E-state index in [9.17, 15) is 4.79 Å². The van der Waals surface area contributed by atoms with E-state index in [2.05, 4.69) is 22.7 Å². The van der Waals surface area contributed by atoms with Crippen LogP contribution in [-0.2, 0) is 11.3 Å². The number of carbonyl (C=O) groups excluding carboxylic acids is 1. The van der Waals surface area contributed by atoms with Gasteiger partial charge in [-0.25, -0.2) is 0 Å². The maximum atomic E-state index is 12.0. The van der Waals surface area contributed by atoms with Gasteiger partial charge in [0.05, 0.1) is 17.1 Å². The van der Waals surface area contributed by atoms with Crippen molar-refractivity contribution in [3.05, 3.63) is 11.4 Å². The molecule has 0 radical (unpaired) electrons. The Bertz CT molecular complexity index is 452. The lowest BCUT2D eigenvalue weighted by Crippen LogP contribution is -2.15. The molecule has 0 aromatic carbocycles. The number of hydrogen-bond acceptors (Lipinski definition) is 3. The van der Waals surface area contributed by atoms with Crippen LogP contribution in [0.1, 0.15) is 37.6 Å². The molecule has 2 N–H and O–H groups in total. The second-order valence-corrected chi connectivity index (χ2v) is 5.31. The number of aryl methyl sites for hydroxylation is 2. The van der Waals surface area contributed by atoms with Crippen molar-refractivity contribution in [2.75, 3.05) is 18.4 Å². The van der Waals surface area contributed by atoms with Crippen molar-refractivity contribution in [1.29, 1.82) is 0 Å². The monoisotopic (exact) mass is 300 g/mol. The Hall–Kier alpha value is -1.07. The third-order valence-electron chi connectivity index (χ3n) is 3.89. The number of carbonyl (C=O) groups is 1. The van der Waals surface area contributed by atoms with Crippen LogP contribution in [0.5, 0.6) is 0 Å². The van der Waals surface area contributed by atoms with Crippen molar-refractivity contribution in [3.63, 3.8) is 0 Å². The first-order chi connectivity index (χ1) is 9.11. The number of aromatic nitrogens is 2. The first-order valence-corrected chi connectivity index (χ1v) is 7.16. The van der Waals surface area contributed by atoms with Crippen molar-refractivity contribution in [1.82, 2.24) is 15.1 Å². The summed E-state index contributed by atoms with van der Waals surface area (Å²) in [6, 6.07) is 0. The van der Waals surface area contributed by atoms with Crippen LogP contribution in [0.15, 0.2) is 0 Å². The van der Waals surface area contributed by atoms with Crippen molar-refractivity contribution < 1.29 is 4.79 Å². The second kappa shape index (κ2) is 7.64. The molecule has 0 saturated carbocycles. The van der Waals surface area contributed by atoms with E-state index in [1.54, 1.807) is 0 Å². The summed E-state index contributed by atoms with van der Waals surface area (Å²) in [4.78, 5) is 12.0. The second-order valence-electron chi connectivity index (χ2n) is 5.31. The molecule has 20 heavy (non-hydrogen) atoms. The van der Waals surface area contributed by atoms with E-state index in [-0.39, 0.29) is 18.3 Å². The van der Waals surface area contributed by atoms with Crippen LogP contribution < -0.4 is 10.6 Å². The summed E-state index contributed by atoms with van der Waals surface area (Å²) in [7, 11) is 0. The highest BCUT2D eigenvalue weighted by Crippen LogP contribution is 2.20. The van der Waals surface area contributed by atoms with Gasteiger partial charge in [-0.2, -0.15) is 5.10 Å². The fourth-order valence-corrected chi connectivity index (χ4v) is 2.68. The maximum Gasteiger partial charge on any atom is 0.224 e. The van der Waals surface area contributed by atoms with Gasteiger partial charge in [0.25, 0.3) is 0 Å². The van der Waals surface area contributed by atoms with E-state index in [0.717, 1.165) is 43.1 Å². The average Bonchev–Trinajstić information content (AvgIpc) is 2.99. The first kappa shape index (κ1) is 17.0. The van der Waals surface area contributed by atoms with Gasteiger partial charge in [0, 0.05) is 13.0 Å². The van der Waals surface area contributed by atoms with Crippen molar-refractivity contribution in [3.8, 4) is 0 Å². The standard InChI is InChI=1S/C14H24N4O.ClH/c1-4-18-11(3)14(10(2)17-18)16-13(19)6-5-12-7-8-15-9-12;/h12,15H,4-9H2,1-3H3,(H,16,19);1H. The fourth-order valence-electron chi connectivity index (χ4n) is 2.68. The molecule has 1 atom stereocenters. The molecular weight excluding hydrogens is 276 g/mol. The van der Waals surface area contributed by atoms with Gasteiger partial charge in [-0.15, -0.1) is 12.4 Å². The lowest BCUT2D eigenvalue weighted by Gasteiger charge is -2.09. The molecule has 1 aromatic heterocycles. The van der Waals surface area contributed by atoms with Gasteiger partial charge < -0.3 is 10.6 Å². The first-order valence-electron chi connectivity index (χ1n) is 7.16. The number of hydrogen-bond donors (Lipinski definition) is 2. The smallest absolute Gasteiger partial charge is 0.224 e. The average molecular weight is 301 g/mol. The summed E-state index contributed by atoms with van der Waals surface area (Å²) < 4.78 is 1.92. The van der Waals surface area contributed by atoms with E-state index >= 15 is 0 Å². The van der Waals surface area contributed by atoms with E-state index in [0.29, 0.717) is 12.3 Å². The zero-order valence-electron chi connectivity index (χ0n) is 12.5. The molecule has 6 heteroatoms. The Morgan fingerprint density at radius 1 is 1.50 bits per heavy atom. The third-order valence-corrected chi connectivity index (χ3v) is 3.89. The molecular formula is C14H25ClN4O. The Morgan fingerprint density at radius 3 is 2.80 bits per heavy atom. The fraction of sp³-hybridized carbons (Fsp3) is 0.714. The minimum Gasteiger partial charge on any atom is -0.323 e. The molecule has 1 saturated heterocycles. The van der Waals surface area contributed by atoms with Crippen LogP contribution in [0.4, 0.5) is 5.69 Å². The Kier molecular flexibility index (Phi) is 6.49. The largest absolute Gasteiger partial charge is 0.323 e. The van der Waals surface area contributed by atoms with Gasteiger partial charge in [-0.3, -0.25) is 9.48 Å². The number of nitrogens with one attached hydrogen (secondary N) is 2. The van der Waals surface area contributed by atoms with E-state index in [1.807, 2.05) is 18.5 Å². The van der Waals surface area contributed by atoms with Crippen LogP contribution >= 0.6 is 12.4 Å². The summed E-state index contributed by atoms with van der Waals surface area (Å²) in [5, 5.41) is 10.8. The molecule has 0 aliphatic carbocycles. The summed E-state index contributed by atoms with van der Waals surface area (Å²) in [5.41, 5.74) is 2.82. The quantitative estimate of drug-likeness (QED) is 0.877. The van der Waals surface area contributed by atoms with Crippen LogP contribution in [0.3, 0.4) is 0 Å². The van der Waals surface area contributed by atoms with Gasteiger partial charge in [0.1, 0.15) is 0 Å². The molecule has 5 nitrogen and oxygen atoms in total. The highest BCUT2D eigenvalue weighted by Gasteiger charge is 2.17. The molecule has 1 amide bonds. The Labute approximate surface area is 126 Å². The number of amides is 1. The highest BCUT2D eigenvalue weighted by molar-refractivity contribution is 5.91. The van der Waals surface area contributed by atoms with Crippen LogP contribution in [0.25, 0.3) is 0 Å². The van der Waals surface area contributed by atoms with Gasteiger partial charge in [-0.05, 0) is 52.6 Å². The summed E-state index contributed by atoms with van der Waals surface area (Å²) in [6.45, 7) is 8.97. The van der Waals surface area contributed by atoms with Crippen molar-refractivity contribution in [2.45, 2.75) is 46.6 Å². The predicted molar refractivity (Wildman–Crippen MR) is 83.5 cm³/mol. The Morgan fingerprint density at radius 2 is 2.25 bits per heavy atom. The molecule has 1 aliphatic rings.